The number of benzene rings is 1. The monoisotopic (exact) mass is 370 g/mol. The highest BCUT2D eigenvalue weighted by Gasteiger charge is 2.36. The smallest absolute Gasteiger partial charge is 0.416 e. The molecule has 1 aromatic carbocycles. The molecule has 144 valence electrons. The lowest BCUT2D eigenvalue weighted by Crippen LogP contribution is -2.42. The molecule has 0 spiro atoms. The second kappa shape index (κ2) is 6.67. The Kier molecular flexibility index (Phi) is 4.84. The first-order chi connectivity index (χ1) is 12.0. The highest BCUT2D eigenvalue weighted by molar-refractivity contribution is 5.69. The SMILES string of the molecule is CC(C)(C)OC(=O)N1CC[C@H](N2CCCc3cc(C(F)(F)F)ccc32)C1. The molecule has 0 aromatic heterocycles. The number of nitrogens with zero attached hydrogens (tertiary/aromatic N) is 2. The summed E-state index contributed by atoms with van der Waals surface area (Å²) in [4.78, 5) is 16.1. The van der Waals surface area contributed by atoms with Crippen LogP contribution in [0.5, 0.6) is 0 Å². The minimum absolute atomic E-state index is 0.110. The number of halogens is 3. The summed E-state index contributed by atoms with van der Waals surface area (Å²) in [5, 5.41) is 0. The number of alkyl halides is 3. The first kappa shape index (κ1) is 18.9. The Hall–Kier alpha value is -1.92. The van der Waals surface area contributed by atoms with Gasteiger partial charge in [0.1, 0.15) is 5.60 Å². The Labute approximate surface area is 151 Å². The van der Waals surface area contributed by atoms with Gasteiger partial charge in [0.05, 0.1) is 5.56 Å². The van der Waals surface area contributed by atoms with E-state index in [-0.39, 0.29) is 12.1 Å². The molecule has 1 amide bonds. The molecule has 0 N–H and O–H groups in total. The summed E-state index contributed by atoms with van der Waals surface area (Å²) in [5.41, 5.74) is 0.461. The van der Waals surface area contributed by atoms with Crippen LogP contribution in [0.3, 0.4) is 0 Å². The van der Waals surface area contributed by atoms with Crippen molar-refractivity contribution in [2.24, 2.45) is 0 Å². The number of ether oxygens (including phenoxy) is 1. The molecular weight excluding hydrogens is 345 g/mol. The third-order valence-electron chi connectivity index (χ3n) is 4.82. The molecule has 7 heteroatoms. The lowest BCUT2D eigenvalue weighted by molar-refractivity contribution is -0.137. The summed E-state index contributed by atoms with van der Waals surface area (Å²) in [6.07, 6.45) is -2.39. The average molecular weight is 370 g/mol. The molecule has 26 heavy (non-hydrogen) atoms. The number of hydrogen-bond donors (Lipinski definition) is 0. The van der Waals surface area contributed by atoms with Crippen LogP contribution >= 0.6 is 0 Å². The Morgan fingerprint density at radius 3 is 2.58 bits per heavy atom. The number of fused-ring (bicyclic) bond motifs is 1. The molecule has 0 saturated carbocycles. The summed E-state index contributed by atoms with van der Waals surface area (Å²) in [6, 6.07) is 4.10. The number of hydrogen-bond acceptors (Lipinski definition) is 3. The number of carbonyl (C=O) groups is 1. The van der Waals surface area contributed by atoms with Crippen molar-refractivity contribution in [3.8, 4) is 0 Å². The number of aryl methyl sites for hydroxylation is 1. The molecule has 0 aliphatic carbocycles. The summed E-state index contributed by atoms with van der Waals surface area (Å²) >= 11 is 0. The fourth-order valence-corrected chi connectivity index (χ4v) is 3.67. The molecule has 3 rings (SSSR count). The topological polar surface area (TPSA) is 32.8 Å². The predicted octanol–water partition coefficient (Wildman–Crippen LogP) is 4.47. The zero-order valence-electron chi connectivity index (χ0n) is 15.4. The van der Waals surface area contributed by atoms with E-state index in [2.05, 4.69) is 4.90 Å². The van der Waals surface area contributed by atoms with E-state index in [1.807, 2.05) is 20.8 Å². The fourth-order valence-electron chi connectivity index (χ4n) is 3.67. The molecule has 2 aliphatic rings. The summed E-state index contributed by atoms with van der Waals surface area (Å²) in [6.45, 7) is 7.43. The van der Waals surface area contributed by atoms with Crippen LogP contribution in [0.2, 0.25) is 0 Å². The van der Waals surface area contributed by atoms with Gasteiger partial charge in [-0.3, -0.25) is 0 Å². The van der Waals surface area contributed by atoms with E-state index in [0.29, 0.717) is 19.5 Å². The van der Waals surface area contributed by atoms with Gasteiger partial charge in [0.2, 0.25) is 0 Å². The molecule has 1 fully saturated rings. The highest BCUT2D eigenvalue weighted by Crippen LogP contribution is 2.37. The van der Waals surface area contributed by atoms with Crippen LogP contribution in [0.15, 0.2) is 18.2 Å². The van der Waals surface area contributed by atoms with Gasteiger partial charge in [0, 0.05) is 31.4 Å². The van der Waals surface area contributed by atoms with E-state index < -0.39 is 17.3 Å². The van der Waals surface area contributed by atoms with Crippen molar-refractivity contribution in [3.63, 3.8) is 0 Å². The van der Waals surface area contributed by atoms with E-state index in [1.165, 1.54) is 6.07 Å². The van der Waals surface area contributed by atoms with E-state index >= 15 is 0 Å². The Balaban J connectivity index is 1.73. The Morgan fingerprint density at radius 2 is 1.92 bits per heavy atom. The van der Waals surface area contributed by atoms with Gasteiger partial charge in [-0.05, 0) is 63.8 Å². The minimum atomic E-state index is -4.32. The third kappa shape index (κ3) is 4.07. The summed E-state index contributed by atoms with van der Waals surface area (Å²) in [5.74, 6) is 0. The van der Waals surface area contributed by atoms with Crippen molar-refractivity contribution in [1.82, 2.24) is 4.90 Å². The van der Waals surface area contributed by atoms with Gasteiger partial charge in [0.25, 0.3) is 0 Å². The number of anilines is 1. The van der Waals surface area contributed by atoms with Gasteiger partial charge in [-0.2, -0.15) is 13.2 Å². The van der Waals surface area contributed by atoms with Crippen LogP contribution in [0.4, 0.5) is 23.7 Å². The second-order valence-electron chi connectivity index (χ2n) is 8.01. The predicted molar refractivity (Wildman–Crippen MR) is 93.3 cm³/mol. The van der Waals surface area contributed by atoms with Crippen molar-refractivity contribution in [1.29, 1.82) is 0 Å². The van der Waals surface area contributed by atoms with E-state index in [0.717, 1.165) is 36.7 Å². The molecule has 1 saturated heterocycles. The van der Waals surface area contributed by atoms with Gasteiger partial charge >= 0.3 is 12.3 Å². The summed E-state index contributed by atoms with van der Waals surface area (Å²) < 4.78 is 44.3. The van der Waals surface area contributed by atoms with Crippen LogP contribution < -0.4 is 4.90 Å². The lowest BCUT2D eigenvalue weighted by Gasteiger charge is -2.36. The van der Waals surface area contributed by atoms with Crippen LogP contribution in [-0.2, 0) is 17.3 Å². The van der Waals surface area contributed by atoms with Crippen molar-refractivity contribution in [2.45, 2.75) is 57.9 Å². The Bertz CT molecular complexity index is 682. The van der Waals surface area contributed by atoms with Gasteiger partial charge in [-0.1, -0.05) is 0 Å². The maximum absolute atomic E-state index is 13.0. The standard InChI is InChI=1S/C19H25F3N2O2/c1-18(2,3)26-17(25)23-10-8-15(12-23)24-9-4-5-13-11-14(19(20,21)22)6-7-16(13)24/h6-7,11,15H,4-5,8-10,12H2,1-3H3/t15-/m0/s1. The second-order valence-corrected chi connectivity index (χ2v) is 8.01. The van der Waals surface area contributed by atoms with Gasteiger partial charge in [0.15, 0.2) is 0 Å². The molecule has 1 atom stereocenters. The quantitative estimate of drug-likeness (QED) is 0.731. The molecule has 4 nitrogen and oxygen atoms in total. The first-order valence-electron chi connectivity index (χ1n) is 8.99. The van der Waals surface area contributed by atoms with Crippen molar-refractivity contribution in [2.75, 3.05) is 24.5 Å². The largest absolute Gasteiger partial charge is 0.444 e. The van der Waals surface area contributed by atoms with E-state index in [4.69, 9.17) is 4.74 Å². The van der Waals surface area contributed by atoms with Gasteiger partial charge in [-0.25, -0.2) is 4.79 Å². The maximum Gasteiger partial charge on any atom is 0.416 e. The molecule has 1 aromatic rings. The highest BCUT2D eigenvalue weighted by atomic mass is 19.4. The van der Waals surface area contributed by atoms with Crippen LogP contribution in [-0.4, -0.2) is 42.3 Å². The number of carbonyl (C=O) groups excluding carboxylic acids is 1. The Morgan fingerprint density at radius 1 is 1.19 bits per heavy atom. The maximum atomic E-state index is 13.0. The molecule has 0 bridgehead atoms. The number of amides is 1. The fraction of sp³-hybridized carbons (Fsp3) is 0.632. The molecule has 2 heterocycles. The first-order valence-corrected chi connectivity index (χ1v) is 8.99. The number of rotatable bonds is 1. The number of likely N-dealkylation sites (tertiary alicyclic amines) is 1. The molecule has 2 aliphatic heterocycles. The van der Waals surface area contributed by atoms with Crippen molar-refractivity contribution < 1.29 is 22.7 Å². The van der Waals surface area contributed by atoms with Gasteiger partial charge < -0.3 is 14.5 Å². The van der Waals surface area contributed by atoms with Crippen molar-refractivity contribution >= 4 is 11.8 Å². The van der Waals surface area contributed by atoms with E-state index in [9.17, 15) is 18.0 Å². The zero-order chi connectivity index (χ0) is 19.1. The average Bonchev–Trinajstić information content (AvgIpc) is 3.01. The van der Waals surface area contributed by atoms with Crippen LogP contribution in [0, 0.1) is 0 Å². The zero-order valence-corrected chi connectivity index (χ0v) is 15.4. The van der Waals surface area contributed by atoms with Crippen LogP contribution in [0.1, 0.15) is 44.7 Å². The lowest BCUT2D eigenvalue weighted by atomic mass is 9.97. The molecular formula is C19H25F3N2O2. The van der Waals surface area contributed by atoms with Crippen LogP contribution in [0.25, 0.3) is 0 Å². The summed E-state index contributed by atoms with van der Waals surface area (Å²) in [7, 11) is 0. The molecule has 0 unspecified atom stereocenters. The minimum Gasteiger partial charge on any atom is -0.444 e. The molecule has 0 radical (unpaired) electrons. The van der Waals surface area contributed by atoms with Gasteiger partial charge in [-0.15, -0.1) is 0 Å². The normalized spacial score (nSPS) is 20.9. The van der Waals surface area contributed by atoms with E-state index in [1.54, 1.807) is 11.0 Å². The van der Waals surface area contributed by atoms with Crippen molar-refractivity contribution in [3.05, 3.63) is 29.3 Å². The third-order valence-corrected chi connectivity index (χ3v) is 4.82.